The molecule has 1 heterocycles. The van der Waals surface area contributed by atoms with Crippen LogP contribution in [0, 0.1) is 19.7 Å². The van der Waals surface area contributed by atoms with Gasteiger partial charge in [-0.05, 0) is 50.2 Å². The van der Waals surface area contributed by atoms with Gasteiger partial charge >= 0.3 is 0 Å². The van der Waals surface area contributed by atoms with Crippen molar-refractivity contribution in [1.82, 2.24) is 5.32 Å². The van der Waals surface area contributed by atoms with Crippen LogP contribution in [0.15, 0.2) is 34.9 Å². The van der Waals surface area contributed by atoms with Gasteiger partial charge in [-0.15, -0.1) is 0 Å². The van der Waals surface area contributed by atoms with Crippen molar-refractivity contribution in [3.05, 3.63) is 58.8 Å². The number of halogens is 1. The Bertz CT molecular complexity index is 519. The van der Waals surface area contributed by atoms with E-state index in [2.05, 4.69) is 5.32 Å². The smallest absolute Gasteiger partial charge is 0.123 e. The zero-order valence-electron chi connectivity index (χ0n) is 10.3. The van der Waals surface area contributed by atoms with E-state index in [-0.39, 0.29) is 11.9 Å². The fourth-order valence-corrected chi connectivity index (χ4v) is 2.08. The largest absolute Gasteiger partial charge is 0.469 e. The van der Waals surface area contributed by atoms with Crippen molar-refractivity contribution in [2.75, 3.05) is 7.05 Å². The van der Waals surface area contributed by atoms with E-state index in [1.165, 1.54) is 6.07 Å². The van der Waals surface area contributed by atoms with Gasteiger partial charge in [-0.25, -0.2) is 4.39 Å². The molecule has 3 heteroatoms. The Balaban J connectivity index is 2.42. The number of hydrogen-bond acceptors (Lipinski definition) is 2. The zero-order valence-corrected chi connectivity index (χ0v) is 10.3. The lowest BCUT2D eigenvalue weighted by atomic mass is 9.97. The van der Waals surface area contributed by atoms with Crippen molar-refractivity contribution in [3.63, 3.8) is 0 Å². The maximum atomic E-state index is 13.1. The number of benzene rings is 1. The summed E-state index contributed by atoms with van der Waals surface area (Å²) < 4.78 is 18.4. The van der Waals surface area contributed by atoms with Gasteiger partial charge in [0.15, 0.2) is 0 Å². The highest BCUT2D eigenvalue weighted by atomic mass is 19.1. The van der Waals surface area contributed by atoms with Crippen molar-refractivity contribution in [3.8, 4) is 0 Å². The second-order valence-electron chi connectivity index (χ2n) is 4.21. The maximum absolute atomic E-state index is 13.1. The topological polar surface area (TPSA) is 25.2 Å². The molecular weight excluding hydrogens is 217 g/mol. The molecule has 1 unspecified atom stereocenters. The Morgan fingerprint density at radius 1 is 1.24 bits per heavy atom. The number of hydrogen-bond donors (Lipinski definition) is 1. The number of rotatable bonds is 3. The van der Waals surface area contributed by atoms with Crippen molar-refractivity contribution in [1.29, 1.82) is 0 Å². The van der Waals surface area contributed by atoms with Crippen LogP contribution >= 0.6 is 0 Å². The van der Waals surface area contributed by atoms with Gasteiger partial charge < -0.3 is 9.73 Å². The molecule has 0 aliphatic carbocycles. The molecule has 0 saturated heterocycles. The molecule has 0 saturated carbocycles. The predicted octanol–water partition coefficient (Wildman–Crippen LogP) is 3.34. The maximum Gasteiger partial charge on any atom is 0.123 e. The molecule has 1 atom stereocenters. The molecule has 17 heavy (non-hydrogen) atoms. The quantitative estimate of drug-likeness (QED) is 0.879. The fourth-order valence-electron chi connectivity index (χ4n) is 2.08. The molecule has 0 fully saturated rings. The Hall–Kier alpha value is -1.61. The lowest BCUT2D eigenvalue weighted by molar-refractivity contribution is 0.527. The summed E-state index contributed by atoms with van der Waals surface area (Å²) in [6, 6.07) is 6.87. The van der Waals surface area contributed by atoms with E-state index >= 15 is 0 Å². The van der Waals surface area contributed by atoms with E-state index in [9.17, 15) is 4.39 Å². The molecule has 0 radical (unpaired) electrons. The first kappa shape index (κ1) is 11.9. The molecular formula is C14H16FNO. The van der Waals surface area contributed by atoms with Crippen molar-refractivity contribution in [2.24, 2.45) is 0 Å². The third-order valence-electron chi connectivity index (χ3n) is 2.92. The van der Waals surface area contributed by atoms with E-state index in [1.54, 1.807) is 12.3 Å². The standard InChI is InChI=1S/C14H16FNO/c1-9-6-12(15)4-5-13(9)14(16-3)11-7-10(2)17-8-11/h4-8,14,16H,1-3H3. The monoisotopic (exact) mass is 233 g/mol. The molecule has 1 aromatic heterocycles. The van der Waals surface area contributed by atoms with Crippen LogP contribution in [0.25, 0.3) is 0 Å². The third-order valence-corrected chi connectivity index (χ3v) is 2.92. The molecule has 2 aromatic rings. The summed E-state index contributed by atoms with van der Waals surface area (Å²) in [7, 11) is 1.88. The summed E-state index contributed by atoms with van der Waals surface area (Å²) >= 11 is 0. The minimum absolute atomic E-state index is 0.0352. The molecule has 1 aromatic carbocycles. The minimum Gasteiger partial charge on any atom is -0.469 e. The molecule has 0 amide bonds. The van der Waals surface area contributed by atoms with Crippen molar-refractivity contribution < 1.29 is 8.81 Å². The Kier molecular flexibility index (Phi) is 3.29. The molecule has 0 aliphatic heterocycles. The summed E-state index contributed by atoms with van der Waals surface area (Å²) in [5, 5.41) is 3.23. The third kappa shape index (κ3) is 2.39. The van der Waals surface area contributed by atoms with E-state index in [4.69, 9.17) is 4.42 Å². The highest BCUT2D eigenvalue weighted by Gasteiger charge is 2.16. The summed E-state index contributed by atoms with van der Waals surface area (Å²) in [6.45, 7) is 3.82. The summed E-state index contributed by atoms with van der Waals surface area (Å²) in [5.74, 6) is 0.671. The van der Waals surface area contributed by atoms with Gasteiger partial charge in [-0.2, -0.15) is 0 Å². The molecule has 1 N–H and O–H groups in total. The second-order valence-corrected chi connectivity index (χ2v) is 4.21. The first-order valence-electron chi connectivity index (χ1n) is 5.60. The predicted molar refractivity (Wildman–Crippen MR) is 65.5 cm³/mol. The number of nitrogens with one attached hydrogen (secondary N) is 1. The Morgan fingerprint density at radius 2 is 2.00 bits per heavy atom. The van der Waals surface area contributed by atoms with E-state index in [0.29, 0.717) is 0 Å². The lowest BCUT2D eigenvalue weighted by Crippen LogP contribution is -2.18. The van der Waals surface area contributed by atoms with Crippen LogP contribution in [0.1, 0.15) is 28.5 Å². The molecule has 90 valence electrons. The van der Waals surface area contributed by atoms with Gasteiger partial charge in [0.05, 0.1) is 12.3 Å². The normalized spacial score (nSPS) is 12.7. The summed E-state index contributed by atoms with van der Waals surface area (Å²) in [5.41, 5.74) is 3.05. The first-order valence-corrected chi connectivity index (χ1v) is 5.60. The summed E-state index contributed by atoms with van der Waals surface area (Å²) in [4.78, 5) is 0. The highest BCUT2D eigenvalue weighted by molar-refractivity contribution is 5.36. The van der Waals surface area contributed by atoms with Crippen LogP contribution in [-0.4, -0.2) is 7.05 Å². The van der Waals surface area contributed by atoms with Crippen molar-refractivity contribution >= 4 is 0 Å². The van der Waals surface area contributed by atoms with Gasteiger partial charge in [0, 0.05) is 5.56 Å². The van der Waals surface area contributed by atoms with Crippen LogP contribution in [0.4, 0.5) is 4.39 Å². The molecule has 0 aliphatic rings. The number of furan rings is 1. The van der Waals surface area contributed by atoms with E-state index in [0.717, 1.165) is 22.5 Å². The van der Waals surface area contributed by atoms with Crippen LogP contribution in [-0.2, 0) is 0 Å². The average molecular weight is 233 g/mol. The van der Waals surface area contributed by atoms with E-state index < -0.39 is 0 Å². The van der Waals surface area contributed by atoms with E-state index in [1.807, 2.05) is 33.0 Å². The molecule has 2 rings (SSSR count). The molecule has 0 spiro atoms. The van der Waals surface area contributed by atoms with Crippen LogP contribution in [0.2, 0.25) is 0 Å². The summed E-state index contributed by atoms with van der Waals surface area (Å²) in [6.07, 6.45) is 1.74. The van der Waals surface area contributed by atoms with Crippen molar-refractivity contribution in [2.45, 2.75) is 19.9 Å². The van der Waals surface area contributed by atoms with Crippen LogP contribution in [0.3, 0.4) is 0 Å². The fraction of sp³-hybridized carbons (Fsp3) is 0.286. The van der Waals surface area contributed by atoms with Gasteiger partial charge in [-0.3, -0.25) is 0 Å². The average Bonchev–Trinajstić information content (AvgIpc) is 2.69. The van der Waals surface area contributed by atoms with Gasteiger partial charge in [-0.1, -0.05) is 6.07 Å². The second kappa shape index (κ2) is 4.72. The Labute approximate surface area is 100 Å². The highest BCUT2D eigenvalue weighted by Crippen LogP contribution is 2.26. The lowest BCUT2D eigenvalue weighted by Gasteiger charge is -2.17. The first-order chi connectivity index (χ1) is 8.11. The van der Waals surface area contributed by atoms with Gasteiger partial charge in [0.2, 0.25) is 0 Å². The van der Waals surface area contributed by atoms with Crippen LogP contribution in [0.5, 0.6) is 0 Å². The van der Waals surface area contributed by atoms with Crippen LogP contribution < -0.4 is 5.32 Å². The SMILES string of the molecule is CNC(c1coc(C)c1)c1ccc(F)cc1C. The molecule has 0 bridgehead atoms. The zero-order chi connectivity index (χ0) is 12.4. The van der Waals surface area contributed by atoms with Gasteiger partial charge in [0.1, 0.15) is 11.6 Å². The minimum atomic E-state index is -0.204. The van der Waals surface area contributed by atoms with Gasteiger partial charge in [0.25, 0.3) is 0 Å². The Morgan fingerprint density at radius 3 is 2.53 bits per heavy atom. The number of aryl methyl sites for hydroxylation is 2. The molecule has 2 nitrogen and oxygen atoms in total.